The molecule has 2 heterocycles. The molecular formula is C22H26FN3O3. The van der Waals surface area contributed by atoms with E-state index < -0.39 is 11.6 Å². The lowest BCUT2D eigenvalue weighted by Gasteiger charge is -2.36. The average Bonchev–Trinajstić information content (AvgIpc) is 2.76. The Morgan fingerprint density at radius 1 is 1.28 bits per heavy atom. The van der Waals surface area contributed by atoms with Crippen LogP contribution in [0, 0.1) is 0 Å². The number of carbonyl (C=O) groups excluding carboxylic acids is 2. The summed E-state index contributed by atoms with van der Waals surface area (Å²) in [5.74, 6) is -0.102. The molecule has 2 aromatic rings. The van der Waals surface area contributed by atoms with Gasteiger partial charge in [0.2, 0.25) is 11.6 Å². The zero-order valence-electron chi connectivity index (χ0n) is 16.6. The first kappa shape index (κ1) is 20.8. The number of para-hydroxylation sites is 1. The molecule has 2 amide bonds. The van der Waals surface area contributed by atoms with E-state index in [4.69, 9.17) is 4.74 Å². The molecule has 1 N–H and O–H groups in total. The van der Waals surface area contributed by atoms with E-state index in [0.29, 0.717) is 19.4 Å². The third kappa shape index (κ3) is 5.31. The molecule has 6 nitrogen and oxygen atoms in total. The molecule has 0 bridgehead atoms. The van der Waals surface area contributed by atoms with Crippen LogP contribution in [-0.4, -0.2) is 47.6 Å². The molecule has 0 radical (unpaired) electrons. The Balaban J connectivity index is 1.55. The van der Waals surface area contributed by atoms with Gasteiger partial charge in [-0.2, -0.15) is 0 Å². The van der Waals surface area contributed by atoms with Crippen molar-refractivity contribution in [2.24, 2.45) is 0 Å². The van der Waals surface area contributed by atoms with Gasteiger partial charge in [0.25, 0.3) is 5.91 Å². The van der Waals surface area contributed by atoms with Crippen LogP contribution in [0.4, 0.5) is 4.39 Å². The van der Waals surface area contributed by atoms with Crippen LogP contribution in [0.15, 0.2) is 48.8 Å². The smallest absolute Gasteiger partial charge is 0.259 e. The highest BCUT2D eigenvalue weighted by Gasteiger charge is 2.43. The van der Waals surface area contributed by atoms with Crippen LogP contribution in [0.5, 0.6) is 5.75 Å². The molecule has 1 unspecified atom stereocenters. The molecule has 0 spiro atoms. The molecular weight excluding hydrogens is 373 g/mol. The van der Waals surface area contributed by atoms with Gasteiger partial charge >= 0.3 is 0 Å². The van der Waals surface area contributed by atoms with Crippen molar-refractivity contribution in [2.75, 3.05) is 20.2 Å². The van der Waals surface area contributed by atoms with Crippen molar-refractivity contribution in [3.05, 3.63) is 59.9 Å². The Labute approximate surface area is 170 Å². The number of pyridine rings is 1. The van der Waals surface area contributed by atoms with Crippen LogP contribution in [0.1, 0.15) is 30.4 Å². The van der Waals surface area contributed by atoms with E-state index in [1.165, 1.54) is 4.90 Å². The summed E-state index contributed by atoms with van der Waals surface area (Å²) in [6, 6.07) is 11.1. The van der Waals surface area contributed by atoms with E-state index >= 15 is 4.39 Å². The zero-order chi connectivity index (χ0) is 20.7. The summed E-state index contributed by atoms with van der Waals surface area (Å²) in [7, 11) is 1.59. The maximum absolute atomic E-state index is 15.3. The van der Waals surface area contributed by atoms with Crippen LogP contribution in [0.2, 0.25) is 0 Å². The summed E-state index contributed by atoms with van der Waals surface area (Å²) in [5.41, 5.74) is -0.341. The number of benzene rings is 1. The van der Waals surface area contributed by atoms with Gasteiger partial charge in [-0.15, -0.1) is 0 Å². The summed E-state index contributed by atoms with van der Waals surface area (Å²) in [6.45, 7) is 0.461. The van der Waals surface area contributed by atoms with E-state index in [9.17, 15) is 9.59 Å². The molecule has 0 aliphatic carbocycles. The molecule has 7 heteroatoms. The van der Waals surface area contributed by atoms with E-state index in [0.717, 1.165) is 16.9 Å². The molecule has 1 saturated heterocycles. The number of likely N-dealkylation sites (tertiary alicyclic amines) is 1. The largest absolute Gasteiger partial charge is 0.496 e. The number of rotatable bonds is 7. The molecule has 1 fully saturated rings. The second kappa shape index (κ2) is 9.49. The minimum atomic E-state index is -2.07. The van der Waals surface area contributed by atoms with Crippen molar-refractivity contribution in [3.8, 4) is 5.75 Å². The predicted octanol–water partition coefficient (Wildman–Crippen LogP) is 2.67. The summed E-state index contributed by atoms with van der Waals surface area (Å²) in [5, 5.41) is 2.63. The average molecular weight is 399 g/mol. The van der Waals surface area contributed by atoms with Crippen molar-refractivity contribution >= 4 is 11.8 Å². The number of alkyl halides is 1. The van der Waals surface area contributed by atoms with Crippen molar-refractivity contribution in [2.45, 2.75) is 37.9 Å². The number of aromatic nitrogens is 1. The highest BCUT2D eigenvalue weighted by molar-refractivity contribution is 5.86. The predicted molar refractivity (Wildman–Crippen MR) is 107 cm³/mol. The van der Waals surface area contributed by atoms with E-state index in [-0.39, 0.29) is 31.8 Å². The summed E-state index contributed by atoms with van der Waals surface area (Å²) < 4.78 is 20.6. The Morgan fingerprint density at radius 3 is 2.86 bits per heavy atom. The summed E-state index contributed by atoms with van der Waals surface area (Å²) in [6.07, 6.45) is 4.58. The Morgan fingerprint density at radius 2 is 2.10 bits per heavy atom. The maximum atomic E-state index is 15.3. The van der Waals surface area contributed by atoms with Crippen LogP contribution in [-0.2, 0) is 22.6 Å². The van der Waals surface area contributed by atoms with Gasteiger partial charge in [0, 0.05) is 31.9 Å². The Kier molecular flexibility index (Phi) is 6.80. The fourth-order valence-electron chi connectivity index (χ4n) is 3.56. The van der Waals surface area contributed by atoms with E-state index in [1.807, 2.05) is 30.3 Å². The number of aryl methyl sites for hydroxylation is 1. The maximum Gasteiger partial charge on any atom is 0.259 e. The molecule has 1 aromatic carbocycles. The number of nitrogens with one attached hydrogen (secondary N) is 1. The fraction of sp³-hybridized carbons (Fsp3) is 0.409. The molecule has 0 saturated carbocycles. The number of ether oxygens (including phenoxy) is 1. The standard InChI is InChI=1S/C22H26FN3O3/c1-29-19-8-3-2-7-18(19)9-10-20(27)26-13-5-11-22(23,16-26)21(28)25-15-17-6-4-12-24-14-17/h2-4,6-8,12,14H,5,9-11,13,15-16H2,1H3,(H,25,28). The molecule has 1 aromatic heterocycles. The number of hydrogen-bond acceptors (Lipinski definition) is 4. The topological polar surface area (TPSA) is 71.5 Å². The lowest BCUT2D eigenvalue weighted by Crippen LogP contribution is -2.55. The van der Waals surface area contributed by atoms with Gasteiger partial charge in [-0.3, -0.25) is 14.6 Å². The van der Waals surface area contributed by atoms with Gasteiger partial charge in [-0.1, -0.05) is 24.3 Å². The third-order valence-corrected chi connectivity index (χ3v) is 5.18. The summed E-state index contributed by atoms with van der Waals surface area (Å²) in [4.78, 5) is 30.5. The molecule has 1 atom stereocenters. The lowest BCUT2D eigenvalue weighted by molar-refractivity contribution is -0.143. The minimum absolute atomic E-state index is 0.113. The number of hydrogen-bond donors (Lipinski definition) is 1. The van der Waals surface area contributed by atoms with Crippen molar-refractivity contribution in [3.63, 3.8) is 0 Å². The van der Waals surface area contributed by atoms with Gasteiger partial charge in [0.15, 0.2) is 0 Å². The first-order valence-electron chi connectivity index (χ1n) is 9.77. The fourth-order valence-corrected chi connectivity index (χ4v) is 3.56. The second-order valence-corrected chi connectivity index (χ2v) is 7.24. The lowest BCUT2D eigenvalue weighted by atomic mass is 9.93. The van der Waals surface area contributed by atoms with Crippen LogP contribution < -0.4 is 10.1 Å². The number of halogens is 1. The molecule has 154 valence electrons. The van der Waals surface area contributed by atoms with Crippen LogP contribution in [0.25, 0.3) is 0 Å². The summed E-state index contributed by atoms with van der Waals surface area (Å²) >= 11 is 0. The van der Waals surface area contributed by atoms with Gasteiger partial charge in [0.1, 0.15) is 5.75 Å². The molecule has 29 heavy (non-hydrogen) atoms. The highest BCUT2D eigenvalue weighted by Crippen LogP contribution is 2.27. The quantitative estimate of drug-likeness (QED) is 0.777. The number of methoxy groups -OCH3 is 1. The first-order chi connectivity index (χ1) is 14.0. The molecule has 1 aliphatic heterocycles. The third-order valence-electron chi connectivity index (χ3n) is 5.18. The van der Waals surface area contributed by atoms with Crippen LogP contribution >= 0.6 is 0 Å². The normalized spacial score (nSPS) is 18.9. The first-order valence-corrected chi connectivity index (χ1v) is 9.77. The number of piperidine rings is 1. The van der Waals surface area contributed by atoms with E-state index in [2.05, 4.69) is 10.3 Å². The van der Waals surface area contributed by atoms with Crippen molar-refractivity contribution < 1.29 is 18.7 Å². The van der Waals surface area contributed by atoms with Gasteiger partial charge in [-0.25, -0.2) is 4.39 Å². The number of nitrogens with zero attached hydrogens (tertiary/aromatic N) is 2. The van der Waals surface area contributed by atoms with E-state index in [1.54, 1.807) is 25.6 Å². The molecule has 1 aliphatic rings. The second-order valence-electron chi connectivity index (χ2n) is 7.24. The Bertz CT molecular complexity index is 846. The van der Waals surface area contributed by atoms with Crippen molar-refractivity contribution in [1.29, 1.82) is 0 Å². The van der Waals surface area contributed by atoms with Crippen LogP contribution in [0.3, 0.4) is 0 Å². The minimum Gasteiger partial charge on any atom is -0.496 e. The van der Waals surface area contributed by atoms with Gasteiger partial charge in [-0.05, 0) is 42.5 Å². The highest BCUT2D eigenvalue weighted by atomic mass is 19.1. The number of amides is 2. The number of carbonyl (C=O) groups is 2. The van der Waals surface area contributed by atoms with Gasteiger partial charge in [0.05, 0.1) is 13.7 Å². The van der Waals surface area contributed by atoms with Gasteiger partial charge < -0.3 is 15.0 Å². The zero-order valence-corrected chi connectivity index (χ0v) is 16.6. The van der Waals surface area contributed by atoms with Crippen molar-refractivity contribution in [1.82, 2.24) is 15.2 Å². The SMILES string of the molecule is COc1ccccc1CCC(=O)N1CCCC(F)(C(=O)NCc2cccnc2)C1. The molecule has 3 rings (SSSR count). The monoisotopic (exact) mass is 399 g/mol. The Hall–Kier alpha value is -2.96.